The molecule has 0 spiro atoms. The zero-order chi connectivity index (χ0) is 19.7. The summed E-state index contributed by atoms with van der Waals surface area (Å²) < 4.78 is 3.51. The lowest BCUT2D eigenvalue weighted by atomic mass is 10.1. The van der Waals surface area contributed by atoms with Gasteiger partial charge in [-0.25, -0.2) is 14.5 Å². The monoisotopic (exact) mass is 379 g/mol. The Labute approximate surface area is 164 Å². The van der Waals surface area contributed by atoms with Crippen LogP contribution in [0.5, 0.6) is 0 Å². The molecule has 0 unspecified atom stereocenters. The number of nitrogens with one attached hydrogen (secondary N) is 2. The molecule has 0 aliphatic heterocycles. The van der Waals surface area contributed by atoms with Crippen LogP contribution in [0, 0.1) is 12.8 Å². The maximum Gasteiger partial charge on any atom is 0.321 e. The molecule has 8 heteroatoms. The Hall–Kier alpha value is -3.16. The number of amides is 2. The molecule has 0 saturated heterocycles. The van der Waals surface area contributed by atoms with Crippen LogP contribution in [0.1, 0.15) is 42.9 Å². The van der Waals surface area contributed by atoms with Gasteiger partial charge >= 0.3 is 6.03 Å². The summed E-state index contributed by atoms with van der Waals surface area (Å²) in [7, 11) is 1.85. The Morgan fingerprint density at radius 1 is 1.29 bits per heavy atom. The smallest absolute Gasteiger partial charge is 0.321 e. The third-order valence-electron chi connectivity index (χ3n) is 5.19. The minimum absolute atomic E-state index is 0.147. The number of urea groups is 1. The third kappa shape index (κ3) is 3.49. The molecule has 1 fully saturated rings. The maximum atomic E-state index is 12.9. The highest BCUT2D eigenvalue weighted by molar-refractivity contribution is 5.90. The number of hydrogen-bond donors (Lipinski definition) is 2. The molecule has 1 aromatic carbocycles. The average molecular weight is 379 g/mol. The van der Waals surface area contributed by atoms with Crippen LogP contribution in [0.4, 0.5) is 10.6 Å². The number of aryl methyl sites for hydroxylation is 2. The Balaban J connectivity index is 1.59. The van der Waals surface area contributed by atoms with Gasteiger partial charge in [-0.05, 0) is 44.2 Å². The molecular formula is C20H25N7O. The van der Waals surface area contributed by atoms with Gasteiger partial charge in [0.25, 0.3) is 0 Å². The van der Waals surface area contributed by atoms with Gasteiger partial charge in [-0.1, -0.05) is 25.1 Å². The number of aromatic nitrogens is 5. The largest absolute Gasteiger partial charge is 0.328 e. The van der Waals surface area contributed by atoms with Gasteiger partial charge in [-0.3, -0.25) is 10.00 Å². The van der Waals surface area contributed by atoms with Crippen molar-refractivity contribution in [3.8, 4) is 5.69 Å². The minimum Gasteiger partial charge on any atom is -0.328 e. The summed E-state index contributed by atoms with van der Waals surface area (Å²) in [6, 6.07) is 9.41. The summed E-state index contributed by atoms with van der Waals surface area (Å²) in [5, 5.41) is 14.9. The molecule has 3 aromatic rings. The maximum absolute atomic E-state index is 12.9. The fourth-order valence-corrected chi connectivity index (χ4v) is 3.47. The molecule has 8 nitrogen and oxygen atoms in total. The predicted molar refractivity (Wildman–Crippen MR) is 106 cm³/mol. The van der Waals surface area contributed by atoms with E-state index in [-0.39, 0.29) is 12.1 Å². The number of hydrogen-bond acceptors (Lipinski definition) is 4. The Bertz CT molecular complexity index is 972. The van der Waals surface area contributed by atoms with Crippen LogP contribution in [-0.4, -0.2) is 30.6 Å². The summed E-state index contributed by atoms with van der Waals surface area (Å²) in [6.07, 6.45) is 4.48. The number of benzene rings is 1. The Morgan fingerprint density at radius 2 is 2.04 bits per heavy atom. The van der Waals surface area contributed by atoms with E-state index in [0.717, 1.165) is 42.0 Å². The van der Waals surface area contributed by atoms with Gasteiger partial charge in [0.15, 0.2) is 0 Å². The number of para-hydroxylation sites is 1. The van der Waals surface area contributed by atoms with E-state index >= 15 is 0 Å². The predicted octanol–water partition coefficient (Wildman–Crippen LogP) is 3.14. The summed E-state index contributed by atoms with van der Waals surface area (Å²) in [5.74, 6) is 1.87. The van der Waals surface area contributed by atoms with E-state index in [1.807, 2.05) is 44.3 Å². The van der Waals surface area contributed by atoms with E-state index < -0.39 is 0 Å². The quantitative estimate of drug-likeness (QED) is 0.688. The van der Waals surface area contributed by atoms with Gasteiger partial charge in [-0.2, -0.15) is 10.2 Å². The van der Waals surface area contributed by atoms with Gasteiger partial charge in [0.1, 0.15) is 18.0 Å². The lowest BCUT2D eigenvalue weighted by molar-refractivity contribution is 0.246. The molecule has 4 rings (SSSR count). The summed E-state index contributed by atoms with van der Waals surface area (Å²) in [5.41, 5.74) is 2.85. The van der Waals surface area contributed by atoms with Crippen molar-refractivity contribution in [2.75, 3.05) is 5.32 Å². The molecule has 28 heavy (non-hydrogen) atoms. The van der Waals surface area contributed by atoms with Crippen molar-refractivity contribution in [3.05, 3.63) is 53.7 Å². The van der Waals surface area contributed by atoms with E-state index in [1.54, 1.807) is 9.36 Å². The first-order valence-electron chi connectivity index (χ1n) is 9.63. The molecule has 2 heterocycles. The highest BCUT2D eigenvalue weighted by Crippen LogP contribution is 2.40. The second-order valence-corrected chi connectivity index (χ2v) is 7.18. The molecule has 2 aromatic heterocycles. The Kier molecular flexibility index (Phi) is 4.85. The number of rotatable bonds is 6. The summed E-state index contributed by atoms with van der Waals surface area (Å²) in [6.45, 7) is 4.05. The topological polar surface area (TPSA) is 89.7 Å². The molecule has 0 radical (unpaired) electrons. The van der Waals surface area contributed by atoms with Gasteiger partial charge in [0.2, 0.25) is 0 Å². The molecule has 1 aliphatic carbocycles. The van der Waals surface area contributed by atoms with Crippen LogP contribution in [0.3, 0.4) is 0 Å². The normalized spacial score (nSPS) is 14.7. The van der Waals surface area contributed by atoms with E-state index in [0.29, 0.717) is 11.7 Å². The zero-order valence-electron chi connectivity index (χ0n) is 16.4. The highest BCUT2D eigenvalue weighted by Gasteiger charge is 2.36. The van der Waals surface area contributed by atoms with Crippen molar-refractivity contribution >= 4 is 11.8 Å². The molecule has 1 saturated carbocycles. The van der Waals surface area contributed by atoms with Crippen LogP contribution in [0.15, 0.2) is 36.7 Å². The van der Waals surface area contributed by atoms with Crippen molar-refractivity contribution in [2.24, 2.45) is 13.0 Å². The first kappa shape index (κ1) is 18.2. The first-order valence-corrected chi connectivity index (χ1v) is 9.63. The number of carbonyl (C=O) groups is 1. The third-order valence-corrected chi connectivity index (χ3v) is 5.19. The fourth-order valence-electron chi connectivity index (χ4n) is 3.47. The molecule has 146 valence electrons. The molecular weight excluding hydrogens is 354 g/mol. The lowest BCUT2D eigenvalue weighted by Crippen LogP contribution is -2.35. The minimum atomic E-state index is -0.261. The van der Waals surface area contributed by atoms with Gasteiger partial charge in [-0.15, -0.1) is 0 Å². The Morgan fingerprint density at radius 3 is 2.64 bits per heavy atom. The van der Waals surface area contributed by atoms with Crippen molar-refractivity contribution in [1.82, 2.24) is 29.9 Å². The summed E-state index contributed by atoms with van der Waals surface area (Å²) >= 11 is 0. The SMILES string of the molecule is CCc1nn(-c2ccccc2)c(NC(=O)N[C@@H](c2ncnn2C)C2CC2)c1C. The van der Waals surface area contributed by atoms with E-state index in [1.165, 1.54) is 6.33 Å². The standard InChI is InChI=1S/C20H25N7O/c1-4-16-13(2)18(27(25-16)15-8-6-5-7-9-15)24-20(28)23-17(14-10-11-14)19-21-12-22-26(19)3/h5-9,12,14,17H,4,10-11H2,1-3H3,(H2,23,24,28)/t17-/m1/s1. The van der Waals surface area contributed by atoms with Crippen LogP contribution < -0.4 is 10.6 Å². The van der Waals surface area contributed by atoms with Gasteiger partial charge < -0.3 is 5.32 Å². The van der Waals surface area contributed by atoms with Gasteiger partial charge in [0.05, 0.1) is 17.4 Å². The first-order chi connectivity index (χ1) is 13.6. The second kappa shape index (κ2) is 7.46. The number of anilines is 1. The van der Waals surface area contributed by atoms with Crippen molar-refractivity contribution < 1.29 is 4.79 Å². The molecule has 2 N–H and O–H groups in total. The van der Waals surface area contributed by atoms with Gasteiger partial charge in [0, 0.05) is 12.6 Å². The summed E-state index contributed by atoms with van der Waals surface area (Å²) in [4.78, 5) is 17.2. The van der Waals surface area contributed by atoms with Crippen LogP contribution in [0.2, 0.25) is 0 Å². The molecule has 1 aliphatic rings. The lowest BCUT2D eigenvalue weighted by Gasteiger charge is -2.18. The van der Waals surface area contributed by atoms with E-state index in [4.69, 9.17) is 0 Å². The highest BCUT2D eigenvalue weighted by atomic mass is 16.2. The van der Waals surface area contributed by atoms with Crippen molar-refractivity contribution in [1.29, 1.82) is 0 Å². The second-order valence-electron chi connectivity index (χ2n) is 7.18. The molecule has 1 atom stereocenters. The van der Waals surface area contributed by atoms with Crippen LogP contribution in [0.25, 0.3) is 5.69 Å². The molecule has 2 amide bonds. The van der Waals surface area contributed by atoms with E-state index in [2.05, 4.69) is 32.7 Å². The van der Waals surface area contributed by atoms with Crippen molar-refractivity contribution in [2.45, 2.75) is 39.2 Å². The fraction of sp³-hybridized carbons (Fsp3) is 0.400. The number of carbonyl (C=O) groups excluding carboxylic acids is 1. The number of nitrogens with zero attached hydrogens (tertiary/aromatic N) is 5. The molecule has 0 bridgehead atoms. The van der Waals surface area contributed by atoms with Crippen LogP contribution in [-0.2, 0) is 13.5 Å². The zero-order valence-corrected chi connectivity index (χ0v) is 16.4. The van der Waals surface area contributed by atoms with E-state index in [9.17, 15) is 4.79 Å². The average Bonchev–Trinajstić information content (AvgIpc) is 3.39. The van der Waals surface area contributed by atoms with Crippen molar-refractivity contribution in [3.63, 3.8) is 0 Å². The van der Waals surface area contributed by atoms with Crippen LogP contribution >= 0.6 is 0 Å².